The summed E-state index contributed by atoms with van der Waals surface area (Å²) in [6.45, 7) is 3.87. The largest absolute Gasteiger partial charge is 0.340 e. The molecule has 0 spiro atoms. The van der Waals surface area contributed by atoms with Crippen molar-refractivity contribution in [3.63, 3.8) is 0 Å². The van der Waals surface area contributed by atoms with Crippen molar-refractivity contribution in [1.82, 2.24) is 14.7 Å². The molecule has 24 heavy (non-hydrogen) atoms. The number of amides is 5. The van der Waals surface area contributed by atoms with E-state index in [0.29, 0.717) is 17.9 Å². The van der Waals surface area contributed by atoms with Crippen molar-refractivity contribution in [2.45, 2.75) is 26.8 Å². The lowest BCUT2D eigenvalue weighted by Gasteiger charge is -2.21. The summed E-state index contributed by atoms with van der Waals surface area (Å²) in [5.41, 5.74) is 2.03. The van der Waals surface area contributed by atoms with Gasteiger partial charge in [0, 0.05) is 20.1 Å². The molecule has 1 aliphatic rings. The maximum Gasteiger partial charge on any atom is 0.334 e. The van der Waals surface area contributed by atoms with E-state index >= 15 is 0 Å². The predicted molar refractivity (Wildman–Crippen MR) is 86.8 cm³/mol. The fourth-order valence-corrected chi connectivity index (χ4v) is 2.50. The molecule has 5 amide bonds. The van der Waals surface area contributed by atoms with Crippen LogP contribution < -0.4 is 0 Å². The van der Waals surface area contributed by atoms with Gasteiger partial charge in [0.15, 0.2) is 0 Å². The number of carbonyl (C=O) groups is 4. The molecule has 0 aromatic heterocycles. The minimum absolute atomic E-state index is 0.174. The molecule has 0 N–H and O–H groups in total. The van der Waals surface area contributed by atoms with Crippen LogP contribution in [0.4, 0.5) is 4.79 Å². The SMILES string of the molecule is CCCN1C(=O)C(=O)N(CC(=O)N(C)Cc2ccccc2C)C1=O. The number of imide groups is 2. The van der Waals surface area contributed by atoms with Crippen LogP contribution in [-0.4, -0.2) is 58.6 Å². The van der Waals surface area contributed by atoms with E-state index < -0.39 is 30.3 Å². The fourth-order valence-electron chi connectivity index (χ4n) is 2.50. The van der Waals surface area contributed by atoms with Crippen molar-refractivity contribution in [3.05, 3.63) is 35.4 Å². The van der Waals surface area contributed by atoms with Crippen LogP contribution in [0.1, 0.15) is 24.5 Å². The topological polar surface area (TPSA) is 78.0 Å². The molecule has 0 radical (unpaired) electrons. The van der Waals surface area contributed by atoms with Gasteiger partial charge in [-0.15, -0.1) is 0 Å². The number of likely N-dealkylation sites (N-methyl/N-ethyl adjacent to an activating group) is 1. The second kappa shape index (κ2) is 7.25. The summed E-state index contributed by atoms with van der Waals surface area (Å²) in [5.74, 6) is -2.20. The van der Waals surface area contributed by atoms with E-state index in [2.05, 4.69) is 0 Å². The zero-order chi connectivity index (χ0) is 17.9. The van der Waals surface area contributed by atoms with Gasteiger partial charge in [-0.1, -0.05) is 31.2 Å². The minimum atomic E-state index is -0.939. The van der Waals surface area contributed by atoms with Crippen LogP contribution >= 0.6 is 0 Å². The molecule has 0 saturated carbocycles. The Morgan fingerprint density at radius 1 is 1.08 bits per heavy atom. The smallest absolute Gasteiger partial charge is 0.334 e. The van der Waals surface area contributed by atoms with Crippen LogP contribution in [0.3, 0.4) is 0 Å². The van der Waals surface area contributed by atoms with E-state index in [1.165, 1.54) is 4.90 Å². The van der Waals surface area contributed by atoms with Gasteiger partial charge in [0.1, 0.15) is 6.54 Å². The first kappa shape index (κ1) is 17.7. The Kier molecular flexibility index (Phi) is 5.33. The first-order valence-corrected chi connectivity index (χ1v) is 7.82. The van der Waals surface area contributed by atoms with Crippen molar-refractivity contribution in [1.29, 1.82) is 0 Å². The van der Waals surface area contributed by atoms with Gasteiger partial charge in [-0.05, 0) is 24.5 Å². The van der Waals surface area contributed by atoms with Gasteiger partial charge >= 0.3 is 17.8 Å². The Balaban J connectivity index is 2.03. The standard InChI is InChI=1S/C17H21N3O4/c1-4-9-19-15(22)16(23)20(17(19)24)11-14(21)18(3)10-13-8-6-5-7-12(13)2/h5-8H,4,9-11H2,1-3H3. The van der Waals surface area contributed by atoms with Crippen LogP contribution in [0.2, 0.25) is 0 Å². The number of hydrogen-bond acceptors (Lipinski definition) is 4. The quantitative estimate of drug-likeness (QED) is 0.579. The van der Waals surface area contributed by atoms with Gasteiger partial charge in [0.05, 0.1) is 0 Å². The average molecular weight is 331 g/mol. The summed E-state index contributed by atoms with van der Waals surface area (Å²) in [6.07, 6.45) is 0.555. The number of urea groups is 1. The van der Waals surface area contributed by atoms with E-state index in [9.17, 15) is 19.2 Å². The van der Waals surface area contributed by atoms with Crippen molar-refractivity contribution in [2.24, 2.45) is 0 Å². The van der Waals surface area contributed by atoms with Gasteiger partial charge in [-0.3, -0.25) is 19.3 Å². The molecule has 0 atom stereocenters. The number of rotatable bonds is 6. The summed E-state index contributed by atoms with van der Waals surface area (Å²) < 4.78 is 0. The van der Waals surface area contributed by atoms with Crippen LogP contribution in [0.25, 0.3) is 0 Å². The summed E-state index contributed by atoms with van der Waals surface area (Å²) in [5, 5.41) is 0. The molecule has 2 rings (SSSR count). The van der Waals surface area contributed by atoms with Gasteiger partial charge in [0.25, 0.3) is 0 Å². The Morgan fingerprint density at radius 3 is 2.33 bits per heavy atom. The highest BCUT2D eigenvalue weighted by Crippen LogP contribution is 2.14. The fraction of sp³-hybridized carbons (Fsp3) is 0.412. The maximum atomic E-state index is 12.3. The molecule has 1 fully saturated rings. The summed E-state index contributed by atoms with van der Waals surface area (Å²) >= 11 is 0. The van der Waals surface area contributed by atoms with Crippen LogP contribution in [-0.2, 0) is 20.9 Å². The molecule has 1 aromatic carbocycles. The van der Waals surface area contributed by atoms with Crippen molar-refractivity contribution in [2.75, 3.05) is 20.1 Å². The van der Waals surface area contributed by atoms with E-state index in [4.69, 9.17) is 0 Å². The zero-order valence-electron chi connectivity index (χ0n) is 14.1. The lowest BCUT2D eigenvalue weighted by molar-refractivity contribution is -0.144. The Bertz CT molecular complexity index is 686. The highest BCUT2D eigenvalue weighted by molar-refractivity contribution is 6.45. The second-order valence-corrected chi connectivity index (χ2v) is 5.81. The zero-order valence-corrected chi connectivity index (χ0v) is 14.1. The molecular formula is C17H21N3O4. The number of carbonyl (C=O) groups excluding carboxylic acids is 4. The molecule has 128 valence electrons. The van der Waals surface area contributed by atoms with Gasteiger partial charge in [-0.2, -0.15) is 0 Å². The monoisotopic (exact) mass is 331 g/mol. The van der Waals surface area contributed by atoms with Gasteiger partial charge in [0.2, 0.25) is 5.91 Å². The molecule has 1 heterocycles. The molecule has 0 bridgehead atoms. The Morgan fingerprint density at radius 2 is 1.71 bits per heavy atom. The third-order valence-electron chi connectivity index (χ3n) is 3.97. The highest BCUT2D eigenvalue weighted by atomic mass is 16.2. The number of hydrogen-bond donors (Lipinski definition) is 0. The molecule has 7 heteroatoms. The maximum absolute atomic E-state index is 12.3. The van der Waals surface area contributed by atoms with Gasteiger partial charge < -0.3 is 4.90 Å². The van der Waals surface area contributed by atoms with Crippen molar-refractivity contribution < 1.29 is 19.2 Å². The lowest BCUT2D eigenvalue weighted by atomic mass is 10.1. The number of aryl methyl sites for hydroxylation is 1. The molecule has 0 unspecified atom stereocenters. The van der Waals surface area contributed by atoms with E-state index in [1.54, 1.807) is 14.0 Å². The summed E-state index contributed by atoms with van der Waals surface area (Å²) in [6, 6.07) is 6.94. The van der Waals surface area contributed by atoms with Crippen LogP contribution in [0.5, 0.6) is 0 Å². The number of nitrogens with zero attached hydrogens (tertiary/aromatic N) is 3. The van der Waals surface area contributed by atoms with Crippen molar-refractivity contribution in [3.8, 4) is 0 Å². The molecule has 1 saturated heterocycles. The number of benzene rings is 1. The third-order valence-corrected chi connectivity index (χ3v) is 3.97. The first-order chi connectivity index (χ1) is 11.4. The Labute approximate surface area is 140 Å². The predicted octanol–water partition coefficient (Wildman–Crippen LogP) is 1.15. The molecular weight excluding hydrogens is 310 g/mol. The summed E-state index contributed by atoms with van der Waals surface area (Å²) in [7, 11) is 1.60. The molecule has 1 aliphatic heterocycles. The van der Waals surface area contributed by atoms with E-state index in [-0.39, 0.29) is 6.54 Å². The molecule has 0 aliphatic carbocycles. The highest BCUT2D eigenvalue weighted by Gasteiger charge is 2.44. The first-order valence-electron chi connectivity index (χ1n) is 7.82. The van der Waals surface area contributed by atoms with Gasteiger partial charge in [-0.25, -0.2) is 9.69 Å². The van der Waals surface area contributed by atoms with Crippen molar-refractivity contribution >= 4 is 23.8 Å². The molecule has 1 aromatic rings. The minimum Gasteiger partial charge on any atom is -0.340 e. The summed E-state index contributed by atoms with van der Waals surface area (Å²) in [4.78, 5) is 51.2. The van der Waals surface area contributed by atoms with Crippen LogP contribution in [0, 0.1) is 6.92 Å². The van der Waals surface area contributed by atoms with E-state index in [0.717, 1.165) is 16.0 Å². The third kappa shape index (κ3) is 3.45. The Hall–Kier alpha value is -2.70. The van der Waals surface area contributed by atoms with Crippen LogP contribution in [0.15, 0.2) is 24.3 Å². The van der Waals surface area contributed by atoms with E-state index in [1.807, 2.05) is 31.2 Å². The molecule has 7 nitrogen and oxygen atoms in total. The lowest BCUT2D eigenvalue weighted by Crippen LogP contribution is -2.42. The normalized spacial score (nSPS) is 14.5. The second-order valence-electron chi connectivity index (χ2n) is 5.81. The average Bonchev–Trinajstić information content (AvgIpc) is 2.75.